The number of anilines is 1. The molecule has 0 aliphatic carbocycles. The van der Waals surface area contributed by atoms with Crippen LogP contribution in [0, 0.1) is 0 Å². The Hall–Kier alpha value is -2.72. The number of nitrogen functional groups attached to an aromatic ring is 1. The molecule has 7 nitrogen and oxygen atoms in total. The standard InChI is InChI=1S/C13H10F3N5.C5H10O2/c14-13(15,16)5-8-1-3-10(18-6-8)11-4-2-9-7-19-12(17)20-21(9)11;6-5-2-1-3-7-4-5/h1-4,6-7H,5H2,(H2,17,20);5-6H,1-4H2. The van der Waals surface area contributed by atoms with Crippen molar-refractivity contribution in [3.05, 3.63) is 42.2 Å². The highest BCUT2D eigenvalue weighted by atomic mass is 19.4. The van der Waals surface area contributed by atoms with Gasteiger partial charge in [0.05, 0.1) is 42.2 Å². The number of ether oxygens (including phenoxy) is 1. The number of halogens is 3. The largest absolute Gasteiger partial charge is 0.393 e. The summed E-state index contributed by atoms with van der Waals surface area (Å²) in [4.78, 5) is 7.93. The van der Waals surface area contributed by atoms with E-state index in [1.54, 1.807) is 22.8 Å². The molecular formula is C18H20F3N5O2. The number of hydrogen-bond acceptors (Lipinski definition) is 6. The summed E-state index contributed by atoms with van der Waals surface area (Å²) in [5.41, 5.74) is 7.52. The smallest absolute Gasteiger partial charge is 0.391 e. The normalized spacial score (nSPS) is 17.2. The molecule has 1 atom stereocenters. The number of fused-ring (bicyclic) bond motifs is 1. The third-order valence-corrected chi connectivity index (χ3v) is 4.04. The van der Waals surface area contributed by atoms with Crippen LogP contribution in [-0.4, -0.2) is 50.2 Å². The molecule has 10 heteroatoms. The van der Waals surface area contributed by atoms with Gasteiger partial charge < -0.3 is 15.6 Å². The summed E-state index contributed by atoms with van der Waals surface area (Å²) in [6.07, 6.45) is -0.719. The molecule has 1 aliphatic heterocycles. The minimum absolute atomic E-state index is 0.105. The molecule has 3 aromatic heterocycles. The molecule has 4 heterocycles. The lowest BCUT2D eigenvalue weighted by Gasteiger charge is -2.15. The molecule has 1 saturated heterocycles. The molecule has 3 N–H and O–H groups in total. The van der Waals surface area contributed by atoms with Crippen LogP contribution in [0.2, 0.25) is 0 Å². The molecule has 150 valence electrons. The number of aliphatic hydroxyl groups excluding tert-OH is 1. The Labute approximate surface area is 159 Å². The van der Waals surface area contributed by atoms with Crippen molar-refractivity contribution in [1.29, 1.82) is 0 Å². The molecular weight excluding hydrogens is 375 g/mol. The van der Waals surface area contributed by atoms with Gasteiger partial charge in [-0.3, -0.25) is 4.98 Å². The molecule has 1 fully saturated rings. The van der Waals surface area contributed by atoms with E-state index in [1.807, 2.05) is 0 Å². The van der Waals surface area contributed by atoms with Gasteiger partial charge in [0.15, 0.2) is 0 Å². The summed E-state index contributed by atoms with van der Waals surface area (Å²) in [7, 11) is 0. The quantitative estimate of drug-likeness (QED) is 0.692. The summed E-state index contributed by atoms with van der Waals surface area (Å²) in [6.45, 7) is 1.37. The van der Waals surface area contributed by atoms with Gasteiger partial charge in [-0.05, 0) is 36.6 Å². The third-order valence-electron chi connectivity index (χ3n) is 4.04. The first-order valence-corrected chi connectivity index (χ1v) is 8.70. The van der Waals surface area contributed by atoms with Crippen molar-refractivity contribution in [2.75, 3.05) is 18.9 Å². The van der Waals surface area contributed by atoms with E-state index in [2.05, 4.69) is 15.1 Å². The molecule has 3 aromatic rings. The van der Waals surface area contributed by atoms with E-state index in [0.717, 1.165) is 25.0 Å². The maximum atomic E-state index is 12.3. The second kappa shape index (κ2) is 8.53. The van der Waals surface area contributed by atoms with Gasteiger partial charge in [0.1, 0.15) is 0 Å². The van der Waals surface area contributed by atoms with Gasteiger partial charge in [-0.2, -0.15) is 13.2 Å². The summed E-state index contributed by atoms with van der Waals surface area (Å²) in [5.74, 6) is 0.105. The third kappa shape index (κ3) is 5.40. The molecule has 0 spiro atoms. The zero-order valence-corrected chi connectivity index (χ0v) is 14.9. The zero-order valence-electron chi connectivity index (χ0n) is 14.9. The number of pyridine rings is 1. The summed E-state index contributed by atoms with van der Waals surface area (Å²) < 4.78 is 43.4. The number of hydrogen-bond donors (Lipinski definition) is 2. The maximum Gasteiger partial charge on any atom is 0.393 e. The van der Waals surface area contributed by atoms with Crippen molar-refractivity contribution < 1.29 is 23.0 Å². The fourth-order valence-corrected chi connectivity index (χ4v) is 2.74. The van der Waals surface area contributed by atoms with E-state index < -0.39 is 12.6 Å². The molecule has 0 saturated carbocycles. The number of aliphatic hydroxyl groups is 1. The van der Waals surface area contributed by atoms with Crippen LogP contribution in [0.5, 0.6) is 0 Å². The Morgan fingerprint density at radius 2 is 2.00 bits per heavy atom. The average Bonchev–Trinajstić information content (AvgIpc) is 3.05. The fraction of sp³-hybridized carbons (Fsp3) is 0.389. The topological polar surface area (TPSA) is 98.6 Å². The van der Waals surface area contributed by atoms with Gasteiger partial charge in [0, 0.05) is 12.8 Å². The molecule has 0 amide bonds. The summed E-state index contributed by atoms with van der Waals surface area (Å²) in [6, 6.07) is 6.47. The van der Waals surface area contributed by atoms with Crippen molar-refractivity contribution >= 4 is 11.5 Å². The predicted molar refractivity (Wildman–Crippen MR) is 96.4 cm³/mol. The molecule has 0 radical (unpaired) electrons. The van der Waals surface area contributed by atoms with E-state index in [4.69, 9.17) is 15.6 Å². The van der Waals surface area contributed by atoms with Gasteiger partial charge in [-0.15, -0.1) is 5.10 Å². The fourth-order valence-electron chi connectivity index (χ4n) is 2.74. The predicted octanol–water partition coefficient (Wildman–Crippen LogP) is 2.64. The number of nitrogens with zero attached hydrogens (tertiary/aromatic N) is 4. The van der Waals surface area contributed by atoms with Gasteiger partial charge in [0.2, 0.25) is 5.95 Å². The van der Waals surface area contributed by atoms with E-state index >= 15 is 0 Å². The van der Waals surface area contributed by atoms with Gasteiger partial charge in [0.25, 0.3) is 0 Å². The van der Waals surface area contributed by atoms with Crippen LogP contribution in [0.3, 0.4) is 0 Å². The van der Waals surface area contributed by atoms with Crippen LogP contribution >= 0.6 is 0 Å². The number of rotatable bonds is 2. The van der Waals surface area contributed by atoms with E-state index in [-0.39, 0.29) is 17.6 Å². The Morgan fingerprint density at radius 3 is 2.57 bits per heavy atom. The Bertz CT molecular complexity index is 906. The second-order valence-electron chi connectivity index (χ2n) is 6.39. The lowest BCUT2D eigenvalue weighted by molar-refractivity contribution is -0.127. The Kier molecular flexibility index (Phi) is 6.10. The lowest BCUT2D eigenvalue weighted by atomic mass is 10.2. The number of nitrogens with two attached hydrogens (primary N) is 1. The first-order valence-electron chi connectivity index (χ1n) is 8.70. The van der Waals surface area contributed by atoms with Crippen LogP contribution in [0.1, 0.15) is 18.4 Å². The summed E-state index contributed by atoms with van der Waals surface area (Å²) >= 11 is 0. The van der Waals surface area contributed by atoms with Crippen molar-refractivity contribution in [1.82, 2.24) is 19.6 Å². The Morgan fingerprint density at radius 1 is 1.18 bits per heavy atom. The van der Waals surface area contributed by atoms with Crippen LogP contribution in [0.15, 0.2) is 36.7 Å². The van der Waals surface area contributed by atoms with Gasteiger partial charge in [-0.1, -0.05) is 6.07 Å². The first kappa shape index (κ1) is 20.0. The minimum Gasteiger partial charge on any atom is -0.391 e. The van der Waals surface area contributed by atoms with Crippen molar-refractivity contribution in [3.63, 3.8) is 0 Å². The molecule has 1 aliphatic rings. The Balaban J connectivity index is 0.000000271. The van der Waals surface area contributed by atoms with Crippen LogP contribution in [-0.2, 0) is 11.2 Å². The summed E-state index contributed by atoms with van der Waals surface area (Å²) in [5, 5.41) is 12.8. The van der Waals surface area contributed by atoms with E-state index in [1.165, 1.54) is 18.3 Å². The highest BCUT2D eigenvalue weighted by Crippen LogP contribution is 2.23. The number of aromatic nitrogens is 4. The van der Waals surface area contributed by atoms with Gasteiger partial charge >= 0.3 is 6.18 Å². The SMILES string of the molecule is Nc1ncc2ccc(-c3ccc(CC(F)(F)F)cn3)n2n1.OC1CCCOC1. The van der Waals surface area contributed by atoms with E-state index in [0.29, 0.717) is 18.0 Å². The molecule has 28 heavy (non-hydrogen) atoms. The number of alkyl halides is 3. The van der Waals surface area contributed by atoms with Crippen LogP contribution < -0.4 is 5.73 Å². The van der Waals surface area contributed by atoms with Crippen LogP contribution in [0.4, 0.5) is 19.1 Å². The second-order valence-corrected chi connectivity index (χ2v) is 6.39. The molecule has 0 bridgehead atoms. The average molecular weight is 395 g/mol. The van der Waals surface area contributed by atoms with Crippen molar-refractivity contribution in [3.8, 4) is 11.4 Å². The molecule has 0 aromatic carbocycles. The first-order chi connectivity index (χ1) is 13.3. The van der Waals surface area contributed by atoms with E-state index in [9.17, 15) is 13.2 Å². The van der Waals surface area contributed by atoms with Crippen molar-refractivity contribution in [2.24, 2.45) is 0 Å². The minimum atomic E-state index is -4.24. The highest BCUT2D eigenvalue weighted by Gasteiger charge is 2.27. The maximum absolute atomic E-state index is 12.3. The lowest BCUT2D eigenvalue weighted by Crippen LogP contribution is -2.21. The van der Waals surface area contributed by atoms with Crippen LogP contribution in [0.25, 0.3) is 16.9 Å². The highest BCUT2D eigenvalue weighted by molar-refractivity contribution is 5.63. The zero-order chi connectivity index (χ0) is 20.1. The van der Waals surface area contributed by atoms with Gasteiger partial charge in [-0.25, -0.2) is 9.50 Å². The molecule has 4 rings (SSSR count). The van der Waals surface area contributed by atoms with Crippen molar-refractivity contribution in [2.45, 2.75) is 31.5 Å². The molecule has 1 unspecified atom stereocenters. The monoisotopic (exact) mass is 395 g/mol.